The average Bonchev–Trinajstić information content (AvgIpc) is 2.56. The summed E-state index contributed by atoms with van der Waals surface area (Å²) in [6.07, 6.45) is 3.19. The first-order valence-corrected chi connectivity index (χ1v) is 4.40. The second-order valence-electron chi connectivity index (χ2n) is 2.32. The third-order valence-corrected chi connectivity index (χ3v) is 2.22. The molecule has 0 unspecified atom stereocenters. The lowest BCUT2D eigenvalue weighted by molar-refractivity contribution is 0.908. The van der Waals surface area contributed by atoms with E-state index in [1.54, 1.807) is 23.8 Å². The number of hydrogen-bond acceptors (Lipinski definition) is 5. The molecule has 2 N–H and O–H groups in total. The van der Waals surface area contributed by atoms with Gasteiger partial charge in [0, 0.05) is 17.8 Å². The summed E-state index contributed by atoms with van der Waals surface area (Å²) in [5.41, 5.74) is 4.93. The Kier molecular flexibility index (Phi) is 1.82. The van der Waals surface area contributed by atoms with Crippen molar-refractivity contribution in [2.45, 2.75) is 0 Å². The van der Waals surface area contributed by atoms with E-state index in [0.29, 0.717) is 5.13 Å². The number of nitrogen functional groups attached to an aromatic ring is 1. The number of nitrogens with zero attached hydrogens (tertiary/aromatic N) is 3. The molecule has 0 amide bonds. The maximum absolute atomic E-state index is 11.3. The molecule has 0 fully saturated rings. The van der Waals surface area contributed by atoms with Gasteiger partial charge in [-0.25, -0.2) is 14.3 Å². The summed E-state index contributed by atoms with van der Waals surface area (Å²) >= 11 is 1.37. The molecule has 66 valence electrons. The van der Waals surface area contributed by atoms with Crippen LogP contribution in [0, 0.1) is 0 Å². The van der Waals surface area contributed by atoms with Crippen molar-refractivity contribution in [1.82, 2.24) is 14.5 Å². The molecule has 0 aromatic carbocycles. The zero-order valence-electron chi connectivity index (χ0n) is 6.54. The van der Waals surface area contributed by atoms with Crippen molar-refractivity contribution in [2.24, 2.45) is 0 Å². The van der Waals surface area contributed by atoms with E-state index in [-0.39, 0.29) is 5.82 Å². The predicted molar refractivity (Wildman–Crippen MR) is 49.9 cm³/mol. The van der Waals surface area contributed by atoms with Crippen LogP contribution in [-0.4, -0.2) is 14.5 Å². The third-order valence-electron chi connectivity index (χ3n) is 1.45. The van der Waals surface area contributed by atoms with Gasteiger partial charge in [-0.05, 0) is 6.07 Å². The van der Waals surface area contributed by atoms with E-state index >= 15 is 0 Å². The number of anilines is 1. The highest BCUT2D eigenvalue weighted by atomic mass is 32.1. The molecule has 0 aliphatic heterocycles. The topological polar surface area (TPSA) is 73.8 Å². The maximum atomic E-state index is 11.3. The van der Waals surface area contributed by atoms with Gasteiger partial charge in [-0.15, -0.1) is 11.3 Å². The van der Waals surface area contributed by atoms with Gasteiger partial charge in [-0.3, -0.25) is 0 Å². The van der Waals surface area contributed by atoms with Crippen molar-refractivity contribution in [3.63, 3.8) is 0 Å². The van der Waals surface area contributed by atoms with Gasteiger partial charge in [-0.1, -0.05) is 0 Å². The Morgan fingerprint density at radius 1 is 1.54 bits per heavy atom. The summed E-state index contributed by atoms with van der Waals surface area (Å²) in [4.78, 5) is 18.8. The van der Waals surface area contributed by atoms with Gasteiger partial charge in [0.05, 0.1) is 0 Å². The first-order valence-electron chi connectivity index (χ1n) is 3.52. The quantitative estimate of drug-likeness (QED) is 0.707. The molecule has 0 saturated heterocycles. The molecular formula is C7H6N4OS. The predicted octanol–water partition coefficient (Wildman–Crippen LogP) is 0.271. The van der Waals surface area contributed by atoms with Gasteiger partial charge in [0.1, 0.15) is 5.82 Å². The largest absolute Gasteiger partial charge is 0.383 e. The molecule has 2 aromatic heterocycles. The molecule has 0 radical (unpaired) electrons. The van der Waals surface area contributed by atoms with Crippen LogP contribution in [0.15, 0.2) is 28.6 Å². The number of hydrogen-bond donors (Lipinski definition) is 1. The summed E-state index contributed by atoms with van der Waals surface area (Å²) in [6.45, 7) is 0. The number of aromatic nitrogens is 3. The van der Waals surface area contributed by atoms with Crippen LogP contribution in [0.4, 0.5) is 5.82 Å². The highest BCUT2D eigenvalue weighted by Crippen LogP contribution is 2.07. The summed E-state index contributed by atoms with van der Waals surface area (Å²) < 4.78 is 1.35. The Labute approximate surface area is 77.5 Å². The smallest absolute Gasteiger partial charge is 0.355 e. The van der Waals surface area contributed by atoms with Crippen LogP contribution >= 0.6 is 11.3 Å². The molecule has 2 rings (SSSR count). The Morgan fingerprint density at radius 3 is 3.00 bits per heavy atom. The normalized spacial score (nSPS) is 10.2. The second kappa shape index (κ2) is 2.98. The third kappa shape index (κ3) is 1.43. The molecular weight excluding hydrogens is 188 g/mol. The van der Waals surface area contributed by atoms with E-state index in [9.17, 15) is 4.79 Å². The van der Waals surface area contributed by atoms with Crippen LogP contribution in [0.3, 0.4) is 0 Å². The van der Waals surface area contributed by atoms with E-state index in [1.807, 2.05) is 0 Å². The number of rotatable bonds is 1. The Bertz CT molecular complexity index is 462. The molecule has 5 nitrogen and oxygen atoms in total. The van der Waals surface area contributed by atoms with Crippen molar-refractivity contribution < 1.29 is 0 Å². The first kappa shape index (κ1) is 7.93. The minimum Gasteiger partial charge on any atom is -0.383 e. The van der Waals surface area contributed by atoms with Crippen molar-refractivity contribution in [1.29, 1.82) is 0 Å². The van der Waals surface area contributed by atoms with Crippen molar-refractivity contribution in [2.75, 3.05) is 5.73 Å². The number of thiazole rings is 1. The van der Waals surface area contributed by atoms with Crippen molar-refractivity contribution >= 4 is 17.2 Å². The Morgan fingerprint density at radius 2 is 2.38 bits per heavy atom. The lowest BCUT2D eigenvalue weighted by Crippen LogP contribution is -2.21. The van der Waals surface area contributed by atoms with Gasteiger partial charge < -0.3 is 5.73 Å². The fraction of sp³-hybridized carbons (Fsp3) is 0. The van der Waals surface area contributed by atoms with Crippen molar-refractivity contribution in [3.8, 4) is 5.13 Å². The van der Waals surface area contributed by atoms with E-state index in [2.05, 4.69) is 9.97 Å². The summed E-state index contributed by atoms with van der Waals surface area (Å²) in [5.74, 6) is 0.220. The second-order valence-corrected chi connectivity index (χ2v) is 3.19. The van der Waals surface area contributed by atoms with E-state index in [4.69, 9.17) is 5.73 Å². The minimum absolute atomic E-state index is 0.220. The molecule has 0 aliphatic rings. The van der Waals surface area contributed by atoms with Gasteiger partial charge in [0.2, 0.25) is 0 Å². The molecule has 0 atom stereocenters. The molecule has 2 heterocycles. The lowest BCUT2D eigenvalue weighted by atomic mass is 10.6. The van der Waals surface area contributed by atoms with Crippen LogP contribution in [0.25, 0.3) is 5.13 Å². The van der Waals surface area contributed by atoms with Crippen LogP contribution < -0.4 is 11.4 Å². The van der Waals surface area contributed by atoms with Crippen LogP contribution in [0.1, 0.15) is 0 Å². The van der Waals surface area contributed by atoms with E-state index in [1.165, 1.54) is 15.9 Å². The minimum atomic E-state index is -0.407. The summed E-state index contributed by atoms with van der Waals surface area (Å²) in [5, 5.41) is 2.38. The Hall–Kier alpha value is -1.69. The zero-order valence-corrected chi connectivity index (χ0v) is 7.36. The number of nitrogens with two attached hydrogens (primary N) is 1. The first-order chi connectivity index (χ1) is 6.27. The monoisotopic (exact) mass is 194 g/mol. The molecule has 6 heteroatoms. The van der Waals surface area contributed by atoms with Crippen LogP contribution in [0.5, 0.6) is 0 Å². The highest BCUT2D eigenvalue weighted by Gasteiger charge is 2.01. The summed E-state index contributed by atoms with van der Waals surface area (Å²) in [7, 11) is 0. The zero-order chi connectivity index (χ0) is 9.26. The van der Waals surface area contributed by atoms with Crippen LogP contribution in [0.2, 0.25) is 0 Å². The van der Waals surface area contributed by atoms with Gasteiger partial charge in [0.25, 0.3) is 0 Å². The van der Waals surface area contributed by atoms with Crippen LogP contribution in [-0.2, 0) is 0 Å². The molecule has 13 heavy (non-hydrogen) atoms. The Balaban J connectivity index is 2.60. The SMILES string of the molecule is Nc1ccn(-c2nccs2)c(=O)n1. The molecule has 0 spiro atoms. The van der Waals surface area contributed by atoms with Gasteiger partial charge >= 0.3 is 5.69 Å². The average molecular weight is 194 g/mol. The van der Waals surface area contributed by atoms with Crippen molar-refractivity contribution in [3.05, 3.63) is 34.3 Å². The summed E-state index contributed by atoms with van der Waals surface area (Å²) in [6, 6.07) is 1.56. The molecule has 0 bridgehead atoms. The van der Waals surface area contributed by atoms with Gasteiger partial charge in [0.15, 0.2) is 5.13 Å². The molecule has 0 aliphatic carbocycles. The standard InChI is InChI=1S/C7H6N4OS/c8-5-1-3-11(6(12)10-5)7-9-2-4-13-7/h1-4H,(H2,8,10,12). The lowest BCUT2D eigenvalue weighted by Gasteiger charge is -1.98. The van der Waals surface area contributed by atoms with E-state index < -0.39 is 5.69 Å². The highest BCUT2D eigenvalue weighted by molar-refractivity contribution is 7.12. The molecule has 0 saturated carbocycles. The van der Waals surface area contributed by atoms with E-state index in [0.717, 1.165) is 0 Å². The fourth-order valence-electron chi connectivity index (χ4n) is 0.897. The van der Waals surface area contributed by atoms with Gasteiger partial charge in [-0.2, -0.15) is 4.98 Å². The maximum Gasteiger partial charge on any atom is 0.355 e. The molecule has 2 aromatic rings. The fourth-order valence-corrected chi connectivity index (χ4v) is 1.51.